The number of rotatable bonds is 5. The molecule has 1 unspecified atom stereocenters. The van der Waals surface area contributed by atoms with Gasteiger partial charge in [0.05, 0.1) is 0 Å². The summed E-state index contributed by atoms with van der Waals surface area (Å²) in [6.45, 7) is 1.83. The van der Waals surface area contributed by atoms with E-state index in [2.05, 4.69) is 15.5 Å². The number of carbonyl (C=O) groups excluding carboxylic acids is 1. The summed E-state index contributed by atoms with van der Waals surface area (Å²) in [5.41, 5.74) is 0.838. The fourth-order valence-electron chi connectivity index (χ4n) is 2.64. The SMILES string of the molecule is CN(C(=O)CCc1nc(-c2ccc(Cl)cc2)no1)C1CCNC1.Cl. The van der Waals surface area contributed by atoms with Crippen LogP contribution in [0, 0.1) is 0 Å². The lowest BCUT2D eigenvalue weighted by molar-refractivity contribution is -0.131. The Balaban J connectivity index is 0.00000208. The van der Waals surface area contributed by atoms with Crippen LogP contribution in [0.2, 0.25) is 5.02 Å². The van der Waals surface area contributed by atoms with Crippen LogP contribution in [0.3, 0.4) is 0 Å². The summed E-state index contributed by atoms with van der Waals surface area (Å²) < 4.78 is 5.23. The fraction of sp³-hybridized carbons (Fsp3) is 0.438. The van der Waals surface area contributed by atoms with Crippen molar-refractivity contribution in [3.63, 3.8) is 0 Å². The van der Waals surface area contributed by atoms with Gasteiger partial charge < -0.3 is 14.7 Å². The molecule has 1 N–H and O–H groups in total. The van der Waals surface area contributed by atoms with E-state index in [0.29, 0.717) is 29.6 Å². The first-order chi connectivity index (χ1) is 11.1. The van der Waals surface area contributed by atoms with E-state index in [9.17, 15) is 4.79 Å². The zero-order valence-corrected chi connectivity index (χ0v) is 14.9. The van der Waals surface area contributed by atoms with Crippen LogP contribution in [0.4, 0.5) is 0 Å². The lowest BCUT2D eigenvalue weighted by atomic mass is 10.2. The van der Waals surface area contributed by atoms with Crippen LogP contribution < -0.4 is 5.32 Å². The van der Waals surface area contributed by atoms with Crippen LogP contribution in [0.1, 0.15) is 18.7 Å². The molecule has 1 saturated heterocycles. The average Bonchev–Trinajstić information content (AvgIpc) is 3.24. The predicted molar refractivity (Wildman–Crippen MR) is 94.4 cm³/mol. The number of nitrogens with zero attached hydrogens (tertiary/aromatic N) is 3. The number of carbonyl (C=O) groups is 1. The van der Waals surface area contributed by atoms with E-state index in [1.165, 1.54) is 0 Å². The normalized spacial score (nSPS) is 16.7. The highest BCUT2D eigenvalue weighted by Gasteiger charge is 2.23. The molecular weight excluding hydrogens is 351 g/mol. The van der Waals surface area contributed by atoms with E-state index >= 15 is 0 Å². The van der Waals surface area contributed by atoms with Gasteiger partial charge in [-0.05, 0) is 37.2 Å². The number of nitrogens with one attached hydrogen (secondary N) is 1. The quantitative estimate of drug-likeness (QED) is 0.875. The van der Waals surface area contributed by atoms with E-state index in [0.717, 1.165) is 25.1 Å². The second kappa shape index (κ2) is 8.46. The van der Waals surface area contributed by atoms with Gasteiger partial charge in [0.25, 0.3) is 0 Å². The highest BCUT2D eigenvalue weighted by Crippen LogP contribution is 2.19. The van der Waals surface area contributed by atoms with E-state index in [1.54, 1.807) is 12.1 Å². The highest BCUT2D eigenvalue weighted by molar-refractivity contribution is 6.30. The molecule has 1 aromatic carbocycles. The minimum atomic E-state index is 0. The summed E-state index contributed by atoms with van der Waals surface area (Å²) in [6, 6.07) is 7.52. The summed E-state index contributed by atoms with van der Waals surface area (Å²) in [7, 11) is 1.85. The van der Waals surface area contributed by atoms with Crippen LogP contribution >= 0.6 is 24.0 Å². The average molecular weight is 371 g/mol. The number of benzene rings is 1. The molecule has 1 atom stereocenters. The third-order valence-corrected chi connectivity index (χ3v) is 4.35. The van der Waals surface area contributed by atoms with Crippen LogP contribution in [-0.2, 0) is 11.2 Å². The molecule has 1 amide bonds. The summed E-state index contributed by atoms with van der Waals surface area (Å²) in [4.78, 5) is 18.4. The molecule has 3 rings (SSSR count). The Bertz CT molecular complexity index is 669. The minimum absolute atomic E-state index is 0. The summed E-state index contributed by atoms with van der Waals surface area (Å²) >= 11 is 5.86. The number of halogens is 2. The maximum Gasteiger partial charge on any atom is 0.227 e. The van der Waals surface area contributed by atoms with Crippen molar-refractivity contribution in [1.29, 1.82) is 0 Å². The molecule has 2 heterocycles. The first-order valence-corrected chi connectivity index (χ1v) is 8.06. The van der Waals surface area contributed by atoms with Gasteiger partial charge in [0.1, 0.15) is 0 Å². The summed E-state index contributed by atoms with van der Waals surface area (Å²) in [6.07, 6.45) is 1.82. The summed E-state index contributed by atoms with van der Waals surface area (Å²) in [5.74, 6) is 1.09. The molecule has 1 aliphatic heterocycles. The number of amides is 1. The number of aryl methyl sites for hydroxylation is 1. The lowest BCUT2D eigenvalue weighted by Gasteiger charge is -2.23. The molecule has 0 spiro atoms. The molecule has 1 aromatic heterocycles. The van der Waals surface area contributed by atoms with Gasteiger partial charge in [0.2, 0.25) is 17.6 Å². The van der Waals surface area contributed by atoms with Crippen molar-refractivity contribution in [2.24, 2.45) is 0 Å². The van der Waals surface area contributed by atoms with Crippen molar-refractivity contribution in [1.82, 2.24) is 20.4 Å². The van der Waals surface area contributed by atoms with Crippen molar-refractivity contribution in [3.05, 3.63) is 35.2 Å². The Kier molecular flexibility index (Phi) is 6.60. The Morgan fingerprint density at radius 3 is 2.83 bits per heavy atom. The molecule has 24 heavy (non-hydrogen) atoms. The largest absolute Gasteiger partial charge is 0.341 e. The third-order valence-electron chi connectivity index (χ3n) is 4.10. The minimum Gasteiger partial charge on any atom is -0.341 e. The number of likely N-dealkylation sites (N-methyl/N-ethyl adjacent to an activating group) is 1. The number of hydrogen-bond donors (Lipinski definition) is 1. The lowest BCUT2D eigenvalue weighted by Crippen LogP contribution is -2.38. The molecule has 8 heteroatoms. The molecule has 0 aliphatic carbocycles. The van der Waals surface area contributed by atoms with Crippen LogP contribution in [0.25, 0.3) is 11.4 Å². The molecule has 1 fully saturated rings. The van der Waals surface area contributed by atoms with Crippen molar-refractivity contribution in [2.45, 2.75) is 25.3 Å². The smallest absolute Gasteiger partial charge is 0.227 e. The van der Waals surface area contributed by atoms with Gasteiger partial charge in [-0.15, -0.1) is 12.4 Å². The van der Waals surface area contributed by atoms with Gasteiger partial charge >= 0.3 is 0 Å². The second-order valence-corrected chi connectivity index (χ2v) is 6.11. The molecule has 2 aromatic rings. The Hall–Kier alpha value is -1.63. The van der Waals surface area contributed by atoms with E-state index in [1.807, 2.05) is 24.1 Å². The van der Waals surface area contributed by atoms with Crippen molar-refractivity contribution in [3.8, 4) is 11.4 Å². The van der Waals surface area contributed by atoms with Gasteiger partial charge in [-0.3, -0.25) is 4.79 Å². The topological polar surface area (TPSA) is 71.3 Å². The molecule has 130 valence electrons. The number of aromatic nitrogens is 2. The number of hydrogen-bond acceptors (Lipinski definition) is 5. The monoisotopic (exact) mass is 370 g/mol. The van der Waals surface area contributed by atoms with Gasteiger partial charge in [-0.25, -0.2) is 0 Å². The second-order valence-electron chi connectivity index (χ2n) is 5.67. The first-order valence-electron chi connectivity index (χ1n) is 7.68. The highest BCUT2D eigenvalue weighted by atomic mass is 35.5. The molecular formula is C16H20Cl2N4O2. The Morgan fingerprint density at radius 2 is 2.17 bits per heavy atom. The Labute approximate surface area is 152 Å². The van der Waals surface area contributed by atoms with Crippen LogP contribution in [0.5, 0.6) is 0 Å². The van der Waals surface area contributed by atoms with E-state index in [-0.39, 0.29) is 24.4 Å². The van der Waals surface area contributed by atoms with Gasteiger partial charge in [-0.2, -0.15) is 4.98 Å². The molecule has 6 nitrogen and oxygen atoms in total. The molecule has 0 saturated carbocycles. The fourth-order valence-corrected chi connectivity index (χ4v) is 2.76. The summed E-state index contributed by atoms with van der Waals surface area (Å²) in [5, 5.41) is 7.88. The van der Waals surface area contributed by atoms with E-state index in [4.69, 9.17) is 16.1 Å². The third kappa shape index (κ3) is 4.47. The van der Waals surface area contributed by atoms with Gasteiger partial charge in [-0.1, -0.05) is 16.8 Å². The van der Waals surface area contributed by atoms with Crippen LogP contribution in [-0.4, -0.2) is 47.1 Å². The van der Waals surface area contributed by atoms with Crippen molar-refractivity contribution >= 4 is 29.9 Å². The predicted octanol–water partition coefficient (Wildman–Crippen LogP) is 2.56. The standard InChI is InChI=1S/C16H19ClN4O2.ClH/c1-21(13-8-9-18-10-13)15(22)7-6-14-19-16(20-23-14)11-2-4-12(17)5-3-11;/h2-5,13,18H,6-10H2,1H3;1H. The van der Waals surface area contributed by atoms with Crippen LogP contribution in [0.15, 0.2) is 28.8 Å². The maximum absolute atomic E-state index is 12.2. The van der Waals surface area contributed by atoms with Crippen molar-refractivity contribution < 1.29 is 9.32 Å². The Morgan fingerprint density at radius 1 is 1.42 bits per heavy atom. The zero-order chi connectivity index (χ0) is 16.2. The molecule has 1 aliphatic rings. The molecule has 0 bridgehead atoms. The maximum atomic E-state index is 12.2. The van der Waals surface area contributed by atoms with Gasteiger partial charge in [0, 0.05) is 43.1 Å². The zero-order valence-electron chi connectivity index (χ0n) is 13.4. The van der Waals surface area contributed by atoms with Gasteiger partial charge in [0.15, 0.2) is 0 Å². The van der Waals surface area contributed by atoms with E-state index < -0.39 is 0 Å². The molecule has 0 radical (unpaired) electrons. The first kappa shape index (κ1) is 18.7. The van der Waals surface area contributed by atoms with Crippen molar-refractivity contribution in [2.75, 3.05) is 20.1 Å².